The molecule has 0 saturated heterocycles. The van der Waals surface area contributed by atoms with Gasteiger partial charge in [-0.15, -0.1) is 0 Å². The van der Waals surface area contributed by atoms with Gasteiger partial charge in [0.05, 0.1) is 4.47 Å². The number of aromatic nitrogens is 2. The summed E-state index contributed by atoms with van der Waals surface area (Å²) < 4.78 is 31.8. The highest BCUT2D eigenvalue weighted by Crippen LogP contribution is 2.35. The van der Waals surface area contributed by atoms with Crippen molar-refractivity contribution in [1.82, 2.24) is 10.1 Å². The summed E-state index contributed by atoms with van der Waals surface area (Å²) in [6, 6.07) is 2.61. The van der Waals surface area contributed by atoms with E-state index in [4.69, 9.17) is 10.3 Å². The molecule has 20 heavy (non-hydrogen) atoms. The number of nitrogens with two attached hydrogens (primary N) is 1. The molecule has 0 unspecified atom stereocenters. The molecule has 1 aliphatic carbocycles. The predicted molar refractivity (Wildman–Crippen MR) is 71.9 cm³/mol. The van der Waals surface area contributed by atoms with Gasteiger partial charge in [0.15, 0.2) is 11.6 Å². The Kier molecular flexibility index (Phi) is 3.55. The van der Waals surface area contributed by atoms with E-state index in [2.05, 4.69) is 26.1 Å². The minimum Gasteiger partial charge on any atom is -0.339 e. The highest BCUT2D eigenvalue weighted by molar-refractivity contribution is 9.10. The van der Waals surface area contributed by atoms with Gasteiger partial charge in [0.2, 0.25) is 11.7 Å². The molecule has 106 valence electrons. The van der Waals surface area contributed by atoms with Gasteiger partial charge in [0.25, 0.3) is 0 Å². The first-order valence-electron chi connectivity index (χ1n) is 6.29. The van der Waals surface area contributed by atoms with Crippen LogP contribution in [0.1, 0.15) is 31.1 Å². The zero-order valence-corrected chi connectivity index (χ0v) is 12.0. The van der Waals surface area contributed by atoms with Gasteiger partial charge < -0.3 is 10.3 Å². The lowest BCUT2D eigenvalue weighted by Crippen LogP contribution is -2.14. The molecule has 1 fully saturated rings. The normalized spacial score (nSPS) is 22.4. The molecular weight excluding hydrogens is 332 g/mol. The Morgan fingerprint density at radius 2 is 2.10 bits per heavy atom. The van der Waals surface area contributed by atoms with Crippen LogP contribution in [0.15, 0.2) is 21.1 Å². The third-order valence-electron chi connectivity index (χ3n) is 3.54. The zero-order valence-electron chi connectivity index (χ0n) is 10.4. The van der Waals surface area contributed by atoms with Crippen LogP contribution in [0.3, 0.4) is 0 Å². The molecule has 2 N–H and O–H groups in total. The largest absolute Gasteiger partial charge is 0.339 e. The summed E-state index contributed by atoms with van der Waals surface area (Å²) in [6.07, 6.45) is 2.64. The van der Waals surface area contributed by atoms with E-state index in [1.807, 2.05) is 0 Å². The topological polar surface area (TPSA) is 64.9 Å². The van der Waals surface area contributed by atoms with Crippen LogP contribution in [0.2, 0.25) is 0 Å². The molecule has 0 bridgehead atoms. The van der Waals surface area contributed by atoms with E-state index >= 15 is 0 Å². The van der Waals surface area contributed by atoms with Crippen LogP contribution in [-0.2, 0) is 0 Å². The molecule has 7 heteroatoms. The summed E-state index contributed by atoms with van der Waals surface area (Å²) in [5, 5.41) is 3.84. The van der Waals surface area contributed by atoms with E-state index in [0.717, 1.165) is 25.3 Å². The van der Waals surface area contributed by atoms with Crippen molar-refractivity contribution < 1.29 is 13.3 Å². The van der Waals surface area contributed by atoms with E-state index in [0.29, 0.717) is 11.5 Å². The molecule has 4 nitrogen and oxygen atoms in total. The number of halogens is 3. The van der Waals surface area contributed by atoms with E-state index < -0.39 is 11.6 Å². The Hall–Kier alpha value is -1.34. The first-order chi connectivity index (χ1) is 9.56. The third-order valence-corrected chi connectivity index (χ3v) is 4.32. The molecule has 2 aromatic rings. The zero-order chi connectivity index (χ0) is 14.3. The second-order valence-electron chi connectivity index (χ2n) is 4.95. The van der Waals surface area contributed by atoms with Gasteiger partial charge in [0, 0.05) is 17.5 Å². The van der Waals surface area contributed by atoms with E-state index in [-0.39, 0.29) is 22.3 Å². The minimum absolute atomic E-state index is 0.00651. The van der Waals surface area contributed by atoms with Gasteiger partial charge in [-0.25, -0.2) is 8.78 Å². The number of rotatable bonds is 2. The summed E-state index contributed by atoms with van der Waals surface area (Å²) in [5.41, 5.74) is 6.21. The van der Waals surface area contributed by atoms with Gasteiger partial charge in [-0.05, 0) is 47.3 Å². The van der Waals surface area contributed by atoms with Crippen LogP contribution in [0, 0.1) is 11.6 Å². The summed E-state index contributed by atoms with van der Waals surface area (Å²) in [4.78, 5) is 4.28. The Bertz CT molecular complexity index is 647. The second-order valence-corrected chi connectivity index (χ2v) is 5.74. The van der Waals surface area contributed by atoms with Gasteiger partial charge in [0.1, 0.15) is 0 Å². The molecule has 1 saturated carbocycles. The smallest absolute Gasteiger partial charge is 0.230 e. The van der Waals surface area contributed by atoms with Crippen LogP contribution in [0.4, 0.5) is 8.78 Å². The number of hydrogen-bond acceptors (Lipinski definition) is 4. The summed E-state index contributed by atoms with van der Waals surface area (Å²) in [6.45, 7) is 0. The quantitative estimate of drug-likeness (QED) is 0.849. The lowest BCUT2D eigenvalue weighted by molar-refractivity contribution is 0.353. The summed E-state index contributed by atoms with van der Waals surface area (Å²) in [7, 11) is 0. The number of nitrogens with zero attached hydrogens (tertiary/aromatic N) is 2. The van der Waals surface area contributed by atoms with Crippen molar-refractivity contribution in [2.75, 3.05) is 0 Å². The predicted octanol–water partition coefficient (Wildman–Crippen LogP) is 3.37. The monoisotopic (exact) mass is 343 g/mol. The fourth-order valence-electron chi connectivity index (χ4n) is 2.45. The van der Waals surface area contributed by atoms with Gasteiger partial charge in [-0.3, -0.25) is 0 Å². The lowest BCUT2D eigenvalue weighted by atomic mass is 10.1. The molecule has 0 amide bonds. The molecule has 2 atom stereocenters. The lowest BCUT2D eigenvalue weighted by Gasteiger charge is -2.02. The third kappa shape index (κ3) is 2.35. The minimum atomic E-state index is -0.961. The standard InChI is InChI=1S/C13H12BrF2N3O/c14-10-8(3-4-9(15)11(10)16)12-18-13(20-19-12)6-1-2-7(17)5-6/h3-4,6-7H,1-2,5,17H2/t6-,7+/m1/s1. The molecule has 0 spiro atoms. The Labute approximate surface area is 122 Å². The second kappa shape index (κ2) is 5.21. The molecule has 0 aliphatic heterocycles. The Balaban J connectivity index is 1.92. The van der Waals surface area contributed by atoms with Crippen molar-refractivity contribution in [3.05, 3.63) is 34.1 Å². The Morgan fingerprint density at radius 1 is 1.30 bits per heavy atom. The van der Waals surface area contributed by atoms with Crippen molar-refractivity contribution in [2.45, 2.75) is 31.2 Å². The molecule has 1 aliphatic rings. The van der Waals surface area contributed by atoms with Crippen molar-refractivity contribution in [3.8, 4) is 11.4 Å². The van der Waals surface area contributed by atoms with Crippen LogP contribution in [0.5, 0.6) is 0 Å². The van der Waals surface area contributed by atoms with Crippen molar-refractivity contribution in [3.63, 3.8) is 0 Å². The van der Waals surface area contributed by atoms with Crippen LogP contribution >= 0.6 is 15.9 Å². The fraction of sp³-hybridized carbons (Fsp3) is 0.385. The number of benzene rings is 1. The average molecular weight is 344 g/mol. The van der Waals surface area contributed by atoms with Gasteiger partial charge >= 0.3 is 0 Å². The maximum absolute atomic E-state index is 13.5. The maximum atomic E-state index is 13.5. The van der Waals surface area contributed by atoms with Crippen molar-refractivity contribution in [1.29, 1.82) is 0 Å². The van der Waals surface area contributed by atoms with E-state index in [1.165, 1.54) is 6.07 Å². The summed E-state index contributed by atoms with van der Waals surface area (Å²) >= 11 is 3.01. The maximum Gasteiger partial charge on any atom is 0.230 e. The van der Waals surface area contributed by atoms with Gasteiger partial charge in [-0.1, -0.05) is 5.16 Å². The molecule has 0 radical (unpaired) electrons. The van der Waals surface area contributed by atoms with E-state index in [9.17, 15) is 8.78 Å². The average Bonchev–Trinajstić information content (AvgIpc) is 3.05. The molecular formula is C13H12BrF2N3O. The highest BCUT2D eigenvalue weighted by atomic mass is 79.9. The van der Waals surface area contributed by atoms with Crippen LogP contribution in [-0.4, -0.2) is 16.2 Å². The van der Waals surface area contributed by atoms with Crippen molar-refractivity contribution in [2.24, 2.45) is 5.73 Å². The molecule has 1 heterocycles. The highest BCUT2D eigenvalue weighted by Gasteiger charge is 2.28. The summed E-state index contributed by atoms with van der Waals surface area (Å²) in [5.74, 6) is -0.992. The first-order valence-corrected chi connectivity index (χ1v) is 7.08. The Morgan fingerprint density at radius 3 is 2.80 bits per heavy atom. The molecule has 1 aromatic carbocycles. The number of hydrogen-bond donors (Lipinski definition) is 1. The molecule has 1 aromatic heterocycles. The van der Waals surface area contributed by atoms with Crippen molar-refractivity contribution >= 4 is 15.9 Å². The first kappa shape index (κ1) is 13.6. The van der Waals surface area contributed by atoms with Gasteiger partial charge in [-0.2, -0.15) is 4.98 Å². The van der Waals surface area contributed by atoms with Crippen LogP contribution in [0.25, 0.3) is 11.4 Å². The molecule has 3 rings (SSSR count). The van der Waals surface area contributed by atoms with E-state index in [1.54, 1.807) is 0 Å². The SMILES string of the molecule is N[C@H]1CC[C@@H](c2nc(-c3ccc(F)c(F)c3Br)no2)C1. The van der Waals surface area contributed by atoms with Crippen LogP contribution < -0.4 is 5.73 Å². The fourth-order valence-corrected chi connectivity index (χ4v) is 2.95.